The number of hydrogen-bond acceptors (Lipinski definition) is 0. The van der Waals surface area contributed by atoms with Crippen molar-refractivity contribution in [1.82, 2.24) is 0 Å². The van der Waals surface area contributed by atoms with E-state index in [9.17, 15) is 17.6 Å². The molecule has 0 fully saturated rings. The molecule has 0 bridgehead atoms. The maximum atomic E-state index is 12.3. The zero-order chi connectivity index (χ0) is 13.7. The van der Waals surface area contributed by atoms with Crippen LogP contribution in [-0.4, -0.2) is 0 Å². The molecular weight excluding hydrogens is 268 g/mol. The van der Waals surface area contributed by atoms with Crippen LogP contribution in [0.1, 0.15) is 5.56 Å². The number of rotatable bonds is 0. The number of halogens is 5. The molecule has 0 aliphatic heterocycles. The van der Waals surface area contributed by atoms with Crippen molar-refractivity contribution >= 4 is 11.6 Å². The van der Waals surface area contributed by atoms with Crippen molar-refractivity contribution in [2.45, 2.75) is 6.92 Å². The molecule has 0 aliphatic rings. The quantitative estimate of drug-likeness (QED) is 0.475. The standard InChI is InChI=1S/C7H6F2.C6H3ClF2/c1-5-4-6(8)2-3-7(5)9;7-5-2-1-4(8)3-6(5)9/h2-4H,1H3;1-3H. The minimum Gasteiger partial charge on any atom is -0.207 e. The van der Waals surface area contributed by atoms with Gasteiger partial charge in [0, 0.05) is 6.07 Å². The summed E-state index contributed by atoms with van der Waals surface area (Å²) in [6, 6.07) is 6.39. The molecule has 0 spiro atoms. The largest absolute Gasteiger partial charge is 0.207 e. The fourth-order valence-electron chi connectivity index (χ4n) is 1.08. The highest BCUT2D eigenvalue weighted by Gasteiger charge is 1.98. The molecule has 0 amide bonds. The summed E-state index contributed by atoms with van der Waals surface area (Å²) in [5, 5.41) is -0.0589. The van der Waals surface area contributed by atoms with Gasteiger partial charge in [-0.15, -0.1) is 0 Å². The predicted molar refractivity (Wildman–Crippen MR) is 62.5 cm³/mol. The normalized spacial score (nSPS) is 9.67. The molecule has 18 heavy (non-hydrogen) atoms. The molecule has 0 atom stereocenters. The topological polar surface area (TPSA) is 0 Å². The van der Waals surface area contributed by atoms with Crippen LogP contribution >= 0.6 is 11.6 Å². The van der Waals surface area contributed by atoms with Crippen molar-refractivity contribution < 1.29 is 17.6 Å². The van der Waals surface area contributed by atoms with Gasteiger partial charge in [0.2, 0.25) is 0 Å². The molecule has 0 heterocycles. The molecule has 0 aromatic heterocycles. The summed E-state index contributed by atoms with van der Waals surface area (Å²) in [7, 11) is 0. The molecule has 0 saturated heterocycles. The van der Waals surface area contributed by atoms with E-state index in [1.165, 1.54) is 13.0 Å². The first-order valence-corrected chi connectivity index (χ1v) is 5.30. The highest BCUT2D eigenvalue weighted by Crippen LogP contribution is 2.13. The van der Waals surface area contributed by atoms with Crippen LogP contribution in [0.3, 0.4) is 0 Å². The van der Waals surface area contributed by atoms with E-state index < -0.39 is 17.5 Å². The SMILES string of the molecule is Cc1cc(F)ccc1F.Fc1ccc(Cl)c(F)c1. The number of benzene rings is 2. The summed E-state index contributed by atoms with van der Waals surface area (Å²) in [5.74, 6) is -2.10. The molecule has 5 heteroatoms. The lowest BCUT2D eigenvalue weighted by atomic mass is 10.2. The molecule has 2 aromatic carbocycles. The molecule has 0 N–H and O–H groups in total. The van der Waals surface area contributed by atoms with E-state index in [1.807, 2.05) is 0 Å². The molecule has 2 rings (SSSR count). The average Bonchev–Trinajstić information content (AvgIpc) is 2.30. The van der Waals surface area contributed by atoms with Gasteiger partial charge in [-0.1, -0.05) is 11.6 Å². The van der Waals surface area contributed by atoms with Crippen molar-refractivity contribution in [3.8, 4) is 0 Å². The fourth-order valence-corrected chi connectivity index (χ4v) is 1.20. The van der Waals surface area contributed by atoms with Gasteiger partial charge in [-0.25, -0.2) is 17.6 Å². The van der Waals surface area contributed by atoms with Crippen LogP contribution in [-0.2, 0) is 0 Å². The van der Waals surface area contributed by atoms with Gasteiger partial charge >= 0.3 is 0 Å². The van der Waals surface area contributed by atoms with Gasteiger partial charge in [-0.05, 0) is 42.8 Å². The Morgan fingerprint density at radius 1 is 0.778 bits per heavy atom. The van der Waals surface area contributed by atoms with Crippen molar-refractivity contribution in [3.63, 3.8) is 0 Å². The first-order valence-electron chi connectivity index (χ1n) is 4.92. The van der Waals surface area contributed by atoms with Crippen molar-refractivity contribution in [2.24, 2.45) is 0 Å². The van der Waals surface area contributed by atoms with E-state index in [-0.39, 0.29) is 10.8 Å². The van der Waals surface area contributed by atoms with Crippen molar-refractivity contribution in [1.29, 1.82) is 0 Å². The van der Waals surface area contributed by atoms with Crippen LogP contribution in [0.25, 0.3) is 0 Å². The summed E-state index contributed by atoms with van der Waals surface area (Å²) in [6.07, 6.45) is 0. The number of aryl methyl sites for hydroxylation is 1. The fraction of sp³-hybridized carbons (Fsp3) is 0.0769. The third kappa shape index (κ3) is 4.37. The van der Waals surface area contributed by atoms with E-state index in [4.69, 9.17) is 11.6 Å². The molecule has 0 aliphatic carbocycles. The average molecular weight is 277 g/mol. The van der Waals surface area contributed by atoms with Crippen molar-refractivity contribution in [3.05, 3.63) is 70.3 Å². The first-order chi connectivity index (χ1) is 8.40. The second-order valence-corrected chi connectivity index (χ2v) is 3.86. The van der Waals surface area contributed by atoms with Crippen LogP contribution in [0.15, 0.2) is 36.4 Å². The third-order valence-corrected chi connectivity index (χ3v) is 2.31. The van der Waals surface area contributed by atoms with Gasteiger partial charge in [0.15, 0.2) is 0 Å². The smallest absolute Gasteiger partial charge is 0.144 e. The van der Waals surface area contributed by atoms with E-state index in [0.717, 1.165) is 30.3 Å². The summed E-state index contributed by atoms with van der Waals surface area (Å²) in [5.41, 5.74) is 0.343. The molecule has 0 nitrogen and oxygen atoms in total. The lowest BCUT2D eigenvalue weighted by Gasteiger charge is -1.92. The Labute approximate surface area is 107 Å². The Bertz CT molecular complexity index is 491. The minimum atomic E-state index is -0.725. The van der Waals surface area contributed by atoms with E-state index in [1.54, 1.807) is 0 Å². The highest BCUT2D eigenvalue weighted by atomic mass is 35.5. The van der Waals surface area contributed by atoms with Crippen molar-refractivity contribution in [2.75, 3.05) is 0 Å². The van der Waals surface area contributed by atoms with Gasteiger partial charge in [0.1, 0.15) is 23.3 Å². The zero-order valence-electron chi connectivity index (χ0n) is 9.35. The highest BCUT2D eigenvalue weighted by molar-refractivity contribution is 6.30. The molecule has 0 radical (unpaired) electrons. The van der Waals surface area contributed by atoms with Gasteiger partial charge < -0.3 is 0 Å². The maximum absolute atomic E-state index is 12.3. The minimum absolute atomic E-state index is 0.0589. The van der Waals surface area contributed by atoms with Gasteiger partial charge in [0.25, 0.3) is 0 Å². The lowest BCUT2D eigenvalue weighted by molar-refractivity contribution is 0.583. The molecule has 96 valence electrons. The van der Waals surface area contributed by atoms with Gasteiger partial charge in [-0.3, -0.25) is 0 Å². The molecule has 0 unspecified atom stereocenters. The second kappa shape index (κ2) is 6.40. The Morgan fingerprint density at radius 3 is 1.78 bits per heavy atom. The summed E-state index contributed by atoms with van der Waals surface area (Å²) in [4.78, 5) is 0. The van der Waals surface area contributed by atoms with E-state index in [2.05, 4.69) is 0 Å². The molecule has 2 aromatic rings. The van der Waals surface area contributed by atoms with Crippen LogP contribution in [0.5, 0.6) is 0 Å². The third-order valence-electron chi connectivity index (χ3n) is 2.00. The first kappa shape index (κ1) is 14.5. The van der Waals surface area contributed by atoms with Gasteiger partial charge in [-0.2, -0.15) is 0 Å². The second-order valence-electron chi connectivity index (χ2n) is 3.45. The Balaban J connectivity index is 0.000000180. The van der Waals surface area contributed by atoms with E-state index >= 15 is 0 Å². The monoisotopic (exact) mass is 276 g/mol. The number of hydrogen-bond donors (Lipinski definition) is 0. The summed E-state index contributed by atoms with van der Waals surface area (Å²) < 4.78 is 48.8. The van der Waals surface area contributed by atoms with Crippen LogP contribution in [0, 0.1) is 30.2 Å². The molecule has 0 saturated carbocycles. The van der Waals surface area contributed by atoms with Crippen LogP contribution in [0.2, 0.25) is 5.02 Å². The van der Waals surface area contributed by atoms with E-state index in [0.29, 0.717) is 5.56 Å². The van der Waals surface area contributed by atoms with Crippen LogP contribution in [0.4, 0.5) is 17.6 Å². The summed E-state index contributed by atoms with van der Waals surface area (Å²) >= 11 is 5.24. The Hall–Kier alpha value is -1.55. The Kier molecular flexibility index (Phi) is 5.16. The van der Waals surface area contributed by atoms with Gasteiger partial charge in [0.05, 0.1) is 5.02 Å². The Morgan fingerprint density at radius 2 is 1.33 bits per heavy atom. The van der Waals surface area contributed by atoms with Crippen LogP contribution < -0.4 is 0 Å². The summed E-state index contributed by atoms with van der Waals surface area (Å²) in [6.45, 7) is 1.53. The lowest BCUT2D eigenvalue weighted by Crippen LogP contribution is -1.81. The zero-order valence-corrected chi connectivity index (χ0v) is 10.1. The maximum Gasteiger partial charge on any atom is 0.144 e. The predicted octanol–water partition coefficient (Wildman–Crippen LogP) is 4.89. The molecular formula is C13H9ClF4.